The van der Waals surface area contributed by atoms with Gasteiger partial charge in [0.25, 0.3) is 5.91 Å². The quantitative estimate of drug-likeness (QED) is 0.123. The predicted octanol–water partition coefficient (Wildman–Crippen LogP) is 10.4. The van der Waals surface area contributed by atoms with Crippen LogP contribution in [0.25, 0.3) is 0 Å². The van der Waals surface area contributed by atoms with Gasteiger partial charge in [-0.1, -0.05) is 35.5 Å². The number of piperidine rings is 2. The second kappa shape index (κ2) is 22.0. The summed E-state index contributed by atoms with van der Waals surface area (Å²) in [5.74, 6) is -1.77. The van der Waals surface area contributed by atoms with Gasteiger partial charge in [0.1, 0.15) is 36.1 Å². The number of aryl methyl sites for hydroxylation is 3. The lowest BCUT2D eigenvalue weighted by atomic mass is 9.87. The molecule has 10 rings (SSSR count). The van der Waals surface area contributed by atoms with Crippen LogP contribution < -0.4 is 0 Å². The van der Waals surface area contributed by atoms with Crippen molar-refractivity contribution in [2.75, 3.05) is 33.2 Å². The average molecular weight is 1090 g/mol. The Morgan fingerprint density at radius 2 is 1.25 bits per heavy atom. The van der Waals surface area contributed by atoms with E-state index in [1.807, 2.05) is 29.9 Å². The van der Waals surface area contributed by atoms with Gasteiger partial charge in [-0.15, -0.1) is 22.7 Å². The molecule has 6 aromatic rings. The molecule has 3 aliphatic heterocycles. The van der Waals surface area contributed by atoms with Crippen molar-refractivity contribution in [3.05, 3.63) is 138 Å². The summed E-state index contributed by atoms with van der Waals surface area (Å²) < 4.78 is 108. The summed E-state index contributed by atoms with van der Waals surface area (Å²) in [7, 11) is 1.84. The topological polar surface area (TPSA) is 144 Å². The molecule has 2 atom stereocenters. The fourth-order valence-corrected chi connectivity index (χ4v) is 11.9. The van der Waals surface area contributed by atoms with E-state index in [0.29, 0.717) is 74.7 Å². The van der Waals surface area contributed by atoms with Gasteiger partial charge >= 0.3 is 12.4 Å². The average Bonchev–Trinajstić information content (AvgIpc) is 4.26. The summed E-state index contributed by atoms with van der Waals surface area (Å²) in [6.45, 7) is 4.38. The molecule has 1 aliphatic carbocycles. The van der Waals surface area contributed by atoms with E-state index in [4.69, 9.17) is 4.84 Å². The maximum absolute atomic E-state index is 14.1. The number of carbonyl (C=O) groups is 3. The van der Waals surface area contributed by atoms with Crippen molar-refractivity contribution in [2.45, 2.75) is 115 Å². The van der Waals surface area contributed by atoms with Gasteiger partial charge in [0.2, 0.25) is 11.8 Å². The summed E-state index contributed by atoms with van der Waals surface area (Å²) in [6.07, 6.45) is -4.09. The van der Waals surface area contributed by atoms with E-state index in [-0.39, 0.29) is 66.4 Å². The van der Waals surface area contributed by atoms with E-state index in [1.165, 1.54) is 65.8 Å². The highest BCUT2D eigenvalue weighted by molar-refractivity contribution is 7.10. The summed E-state index contributed by atoms with van der Waals surface area (Å²) in [5.41, 5.74) is 2.45. The number of fused-ring (bicyclic) bond motifs is 1. The third kappa shape index (κ3) is 12.0. The maximum atomic E-state index is 14.1. The Morgan fingerprint density at radius 3 is 1.80 bits per heavy atom. The van der Waals surface area contributed by atoms with Crippen molar-refractivity contribution in [1.29, 1.82) is 0 Å². The Bertz CT molecular complexity index is 3060. The van der Waals surface area contributed by atoms with Gasteiger partial charge in [-0.3, -0.25) is 23.7 Å². The van der Waals surface area contributed by atoms with Gasteiger partial charge < -0.3 is 19.5 Å². The molecule has 2 unspecified atom stereocenters. The first-order valence-electron chi connectivity index (χ1n) is 24.4. The predicted molar refractivity (Wildman–Crippen MR) is 261 cm³/mol. The Hall–Kier alpha value is -6.56. The summed E-state index contributed by atoms with van der Waals surface area (Å²) >= 11 is 2.92. The molecule has 3 amide bonds. The van der Waals surface area contributed by atoms with Crippen LogP contribution in [0, 0.1) is 25.5 Å². The Balaban J connectivity index is 0.000000184. The van der Waals surface area contributed by atoms with Crippen LogP contribution >= 0.6 is 22.7 Å². The summed E-state index contributed by atoms with van der Waals surface area (Å²) in [5, 5.41) is 16.5. The number of benzene rings is 2. The lowest BCUT2D eigenvalue weighted by Gasteiger charge is -2.33. The van der Waals surface area contributed by atoms with Crippen LogP contribution in [0.4, 0.5) is 35.1 Å². The molecule has 0 spiro atoms. The van der Waals surface area contributed by atoms with Crippen LogP contribution in [-0.2, 0) is 46.3 Å². The molecule has 398 valence electrons. The molecule has 0 radical (unpaired) electrons. The second-order valence-corrected chi connectivity index (χ2v) is 20.9. The molecular formula is C51H52F8N10O4S2. The minimum Gasteiger partial charge on any atom is -0.387 e. The Kier molecular flexibility index (Phi) is 15.6. The number of carbonyl (C=O) groups excluding carboxylic acids is 3. The molecule has 4 aliphatic rings. The van der Waals surface area contributed by atoms with Gasteiger partial charge in [-0.2, -0.15) is 36.5 Å². The number of amides is 3. The number of aromatic nitrogens is 6. The highest BCUT2D eigenvalue weighted by Crippen LogP contribution is 2.38. The highest BCUT2D eigenvalue weighted by atomic mass is 32.1. The molecular weight excluding hydrogens is 1030 g/mol. The number of halogens is 8. The van der Waals surface area contributed by atoms with Crippen LogP contribution in [0.1, 0.15) is 135 Å². The first-order chi connectivity index (χ1) is 35.7. The normalized spacial score (nSPS) is 18.5. The summed E-state index contributed by atoms with van der Waals surface area (Å²) in [6, 6.07) is 13.8. The third-order valence-electron chi connectivity index (χ3n) is 14.2. The molecule has 2 saturated heterocycles. The van der Waals surface area contributed by atoms with E-state index in [1.54, 1.807) is 14.7 Å². The number of nitrogens with zero attached hydrogens (tertiary/aromatic N) is 10. The number of oxime groups is 1. The van der Waals surface area contributed by atoms with Crippen molar-refractivity contribution < 1.29 is 54.3 Å². The molecule has 2 fully saturated rings. The van der Waals surface area contributed by atoms with Gasteiger partial charge in [-0.05, 0) is 94.2 Å². The number of thiazole rings is 2. The molecule has 75 heavy (non-hydrogen) atoms. The van der Waals surface area contributed by atoms with E-state index >= 15 is 0 Å². The molecule has 0 bridgehead atoms. The van der Waals surface area contributed by atoms with Crippen molar-refractivity contribution in [2.24, 2.45) is 5.16 Å². The molecule has 14 nitrogen and oxygen atoms in total. The van der Waals surface area contributed by atoms with Crippen LogP contribution in [0.15, 0.2) is 70.5 Å². The monoisotopic (exact) mass is 1080 g/mol. The molecule has 0 saturated carbocycles. The van der Waals surface area contributed by atoms with Crippen molar-refractivity contribution >= 4 is 46.1 Å². The molecule has 4 aromatic heterocycles. The van der Waals surface area contributed by atoms with Gasteiger partial charge in [-0.25, -0.2) is 18.7 Å². The molecule has 2 aromatic carbocycles. The Labute approximate surface area is 434 Å². The first kappa shape index (κ1) is 53.3. The van der Waals surface area contributed by atoms with Crippen LogP contribution in [-0.4, -0.2) is 101 Å². The smallest absolute Gasteiger partial charge is 0.387 e. The molecule has 7 heterocycles. The zero-order valence-corrected chi connectivity index (χ0v) is 42.6. The minimum absolute atomic E-state index is 0.0393. The molecule has 24 heteroatoms. The SMILES string of the molecule is Cc1cc(C(F)(F)F)nn1CC(=O)N1CCC(c2nc(C(=O)N(C)C3CCCc4ccccc43)cs2)CC1.Cc1cc(C(F)(F)F)nn1CC(=O)N1CCC(c2nc(C3=NOC(c4c(F)cccc4F)C3)cs2)CC1. The van der Waals surface area contributed by atoms with Crippen LogP contribution in [0.5, 0.6) is 0 Å². The van der Waals surface area contributed by atoms with E-state index in [0.717, 1.165) is 50.8 Å². The van der Waals surface area contributed by atoms with Crippen LogP contribution in [0.2, 0.25) is 0 Å². The minimum atomic E-state index is -4.56. The van der Waals surface area contributed by atoms with E-state index in [2.05, 4.69) is 37.5 Å². The fraction of sp³-hybridized carbons (Fsp3) is 0.451. The van der Waals surface area contributed by atoms with Crippen molar-refractivity contribution in [3.8, 4) is 0 Å². The van der Waals surface area contributed by atoms with Gasteiger partial charge in [0, 0.05) is 73.6 Å². The Morgan fingerprint density at radius 1 is 0.720 bits per heavy atom. The van der Waals surface area contributed by atoms with E-state index < -0.39 is 41.5 Å². The number of hydrogen-bond donors (Lipinski definition) is 0. The number of hydrogen-bond acceptors (Lipinski definition) is 11. The largest absolute Gasteiger partial charge is 0.435 e. The lowest BCUT2D eigenvalue weighted by molar-refractivity contribution is -0.142. The lowest BCUT2D eigenvalue weighted by Crippen LogP contribution is -2.40. The number of likely N-dealkylation sites (tertiary alicyclic amines) is 2. The zero-order valence-electron chi connectivity index (χ0n) is 41.0. The third-order valence-corrected chi connectivity index (χ3v) is 16.2. The standard InChI is InChI=1S/C27H30F3N5O2S.C24H22F5N5O2S/c1-17-14-23(27(28,29)30)32-35(17)15-24(36)34-12-10-19(11-13-34)25-31-21(16-38-25)26(37)33(2)22-9-5-7-18-6-3-4-8-20(18)22;1-13-9-20(24(27,28)29)31-34(13)11-21(35)33-7-5-14(6-8-33)23-30-18(12-37-23)17-10-19(36-32-17)22-15(25)3-2-4-16(22)26/h3-4,6,8,14,16,19,22H,5,7,9-13,15H2,1-2H3;2-4,9,12,14,19H,5-8,10-11H2,1H3. The van der Waals surface area contributed by atoms with Crippen LogP contribution in [0.3, 0.4) is 0 Å². The number of rotatable bonds is 10. The van der Waals surface area contributed by atoms with Crippen molar-refractivity contribution in [1.82, 2.24) is 44.2 Å². The van der Waals surface area contributed by atoms with E-state index in [9.17, 15) is 49.5 Å². The molecule has 0 N–H and O–H groups in total. The highest BCUT2D eigenvalue weighted by Gasteiger charge is 2.37. The second-order valence-electron chi connectivity index (χ2n) is 19.1. The summed E-state index contributed by atoms with van der Waals surface area (Å²) in [4.78, 5) is 58.5. The fourth-order valence-electron chi connectivity index (χ4n) is 9.96. The number of alkyl halides is 6. The first-order valence-corrected chi connectivity index (χ1v) is 26.2. The van der Waals surface area contributed by atoms with Gasteiger partial charge in [0.15, 0.2) is 17.5 Å². The van der Waals surface area contributed by atoms with Crippen molar-refractivity contribution in [3.63, 3.8) is 0 Å². The zero-order chi connectivity index (χ0) is 53.3. The van der Waals surface area contributed by atoms with Gasteiger partial charge in [0.05, 0.1) is 27.3 Å². The maximum Gasteiger partial charge on any atom is 0.435 e.